The monoisotopic (exact) mass is 167 g/mol. The van der Waals surface area contributed by atoms with E-state index in [1.807, 2.05) is 17.9 Å². The molecular weight excluding hydrogens is 150 g/mol. The zero-order valence-electron chi connectivity index (χ0n) is 8.04. The van der Waals surface area contributed by atoms with E-state index in [1.165, 1.54) is 5.56 Å². The predicted molar refractivity (Wildman–Crippen MR) is 50.0 cm³/mol. The summed E-state index contributed by atoms with van der Waals surface area (Å²) < 4.78 is 2.02. The number of aromatic nitrogens is 2. The van der Waals surface area contributed by atoms with Crippen LogP contribution in [0.2, 0.25) is 0 Å². The van der Waals surface area contributed by atoms with Crippen molar-refractivity contribution in [3.8, 4) is 0 Å². The number of rotatable bonds is 4. The fourth-order valence-corrected chi connectivity index (χ4v) is 1.10. The summed E-state index contributed by atoms with van der Waals surface area (Å²) in [6.45, 7) is 5.25. The smallest absolute Gasteiger partial charge is 0.0534 e. The molecule has 1 heterocycles. The SMILES string of the molecule is CC[C@H](C)n1cc(CNC)cn1. The second-order valence-corrected chi connectivity index (χ2v) is 3.12. The molecule has 0 aliphatic heterocycles. The third kappa shape index (κ3) is 2.08. The molecule has 1 aromatic rings. The van der Waals surface area contributed by atoms with Gasteiger partial charge in [0, 0.05) is 24.3 Å². The minimum absolute atomic E-state index is 0.510. The summed E-state index contributed by atoms with van der Waals surface area (Å²) in [7, 11) is 1.95. The van der Waals surface area contributed by atoms with Gasteiger partial charge < -0.3 is 5.32 Å². The van der Waals surface area contributed by atoms with Gasteiger partial charge in [-0.15, -0.1) is 0 Å². The lowest BCUT2D eigenvalue weighted by atomic mass is 10.3. The third-order valence-electron chi connectivity index (χ3n) is 2.08. The van der Waals surface area contributed by atoms with E-state index >= 15 is 0 Å². The molecule has 0 bridgehead atoms. The molecule has 0 saturated carbocycles. The van der Waals surface area contributed by atoms with Gasteiger partial charge in [0.05, 0.1) is 6.20 Å². The summed E-state index contributed by atoms with van der Waals surface area (Å²) in [5, 5.41) is 7.38. The Labute approximate surface area is 73.8 Å². The molecule has 1 N–H and O–H groups in total. The van der Waals surface area contributed by atoms with Crippen LogP contribution >= 0.6 is 0 Å². The number of hydrogen-bond acceptors (Lipinski definition) is 2. The minimum Gasteiger partial charge on any atom is -0.316 e. The highest BCUT2D eigenvalue weighted by atomic mass is 15.3. The van der Waals surface area contributed by atoms with Gasteiger partial charge in [-0.25, -0.2) is 0 Å². The molecule has 1 atom stereocenters. The summed E-state index contributed by atoms with van der Waals surface area (Å²) in [5.74, 6) is 0. The Morgan fingerprint density at radius 2 is 2.42 bits per heavy atom. The van der Waals surface area contributed by atoms with Crippen LogP contribution in [-0.4, -0.2) is 16.8 Å². The molecule has 12 heavy (non-hydrogen) atoms. The van der Waals surface area contributed by atoms with Crippen LogP contribution in [0.25, 0.3) is 0 Å². The lowest BCUT2D eigenvalue weighted by Crippen LogP contribution is -2.05. The normalized spacial score (nSPS) is 13.2. The van der Waals surface area contributed by atoms with Crippen LogP contribution in [0.5, 0.6) is 0 Å². The standard InChI is InChI=1S/C9H17N3/c1-4-8(2)12-7-9(5-10-3)6-11-12/h6-8,10H,4-5H2,1-3H3/t8-/m0/s1. The number of nitrogens with one attached hydrogen (secondary N) is 1. The summed E-state index contributed by atoms with van der Waals surface area (Å²) in [5.41, 5.74) is 1.25. The lowest BCUT2D eigenvalue weighted by molar-refractivity contribution is 0.477. The fraction of sp³-hybridized carbons (Fsp3) is 0.667. The first kappa shape index (κ1) is 9.26. The molecule has 1 aromatic heterocycles. The summed E-state index contributed by atoms with van der Waals surface area (Å²) in [4.78, 5) is 0. The maximum atomic E-state index is 4.28. The third-order valence-corrected chi connectivity index (χ3v) is 2.08. The summed E-state index contributed by atoms with van der Waals surface area (Å²) in [6.07, 6.45) is 5.15. The Bertz CT molecular complexity index is 229. The van der Waals surface area contributed by atoms with Crippen LogP contribution in [-0.2, 0) is 6.54 Å². The molecule has 0 fully saturated rings. The van der Waals surface area contributed by atoms with Gasteiger partial charge in [0.2, 0.25) is 0 Å². The van der Waals surface area contributed by atoms with Gasteiger partial charge >= 0.3 is 0 Å². The average molecular weight is 167 g/mol. The molecule has 1 rings (SSSR count). The van der Waals surface area contributed by atoms with Gasteiger partial charge in [-0.1, -0.05) is 6.92 Å². The van der Waals surface area contributed by atoms with Crippen LogP contribution < -0.4 is 5.32 Å². The molecule has 0 spiro atoms. The zero-order valence-corrected chi connectivity index (χ0v) is 8.04. The molecule has 3 heteroatoms. The van der Waals surface area contributed by atoms with Crippen molar-refractivity contribution >= 4 is 0 Å². The number of nitrogens with zero attached hydrogens (tertiary/aromatic N) is 2. The van der Waals surface area contributed by atoms with Crippen molar-refractivity contribution in [2.24, 2.45) is 0 Å². The molecule has 0 amide bonds. The topological polar surface area (TPSA) is 29.9 Å². The minimum atomic E-state index is 0.510. The van der Waals surface area contributed by atoms with Crippen LogP contribution in [0.3, 0.4) is 0 Å². The van der Waals surface area contributed by atoms with Gasteiger partial charge in [0.25, 0.3) is 0 Å². The Morgan fingerprint density at radius 3 is 3.00 bits per heavy atom. The highest BCUT2D eigenvalue weighted by Gasteiger charge is 2.02. The van der Waals surface area contributed by atoms with Gasteiger partial charge in [0.1, 0.15) is 0 Å². The van der Waals surface area contributed by atoms with Crippen LogP contribution in [0.1, 0.15) is 31.9 Å². The van der Waals surface area contributed by atoms with Crippen molar-refractivity contribution in [3.05, 3.63) is 18.0 Å². The molecule has 0 saturated heterocycles. The molecule has 0 aromatic carbocycles. The van der Waals surface area contributed by atoms with E-state index in [4.69, 9.17) is 0 Å². The summed E-state index contributed by atoms with van der Waals surface area (Å²) in [6, 6.07) is 0.510. The maximum Gasteiger partial charge on any atom is 0.0534 e. The Hall–Kier alpha value is -0.830. The summed E-state index contributed by atoms with van der Waals surface area (Å²) >= 11 is 0. The second kappa shape index (κ2) is 4.26. The van der Waals surface area contributed by atoms with E-state index in [0.29, 0.717) is 6.04 Å². The molecule has 3 nitrogen and oxygen atoms in total. The van der Waals surface area contributed by atoms with E-state index in [1.54, 1.807) is 0 Å². The first-order valence-electron chi connectivity index (χ1n) is 4.45. The van der Waals surface area contributed by atoms with Crippen molar-refractivity contribution in [3.63, 3.8) is 0 Å². The second-order valence-electron chi connectivity index (χ2n) is 3.12. The first-order chi connectivity index (χ1) is 5.77. The molecule has 0 unspecified atom stereocenters. The fourth-order valence-electron chi connectivity index (χ4n) is 1.10. The van der Waals surface area contributed by atoms with E-state index in [9.17, 15) is 0 Å². The van der Waals surface area contributed by atoms with Crippen molar-refractivity contribution in [2.75, 3.05) is 7.05 Å². The highest BCUT2D eigenvalue weighted by molar-refractivity contribution is 5.03. The Balaban J connectivity index is 2.63. The van der Waals surface area contributed by atoms with Crippen molar-refractivity contribution < 1.29 is 0 Å². The van der Waals surface area contributed by atoms with Crippen molar-refractivity contribution in [1.82, 2.24) is 15.1 Å². The maximum absolute atomic E-state index is 4.28. The highest BCUT2D eigenvalue weighted by Crippen LogP contribution is 2.09. The van der Waals surface area contributed by atoms with Gasteiger partial charge in [-0.05, 0) is 20.4 Å². The molecule has 0 aliphatic carbocycles. The Kier molecular flexibility index (Phi) is 3.29. The van der Waals surface area contributed by atoms with E-state index < -0.39 is 0 Å². The van der Waals surface area contributed by atoms with Crippen molar-refractivity contribution in [1.29, 1.82) is 0 Å². The van der Waals surface area contributed by atoms with Gasteiger partial charge in [0.15, 0.2) is 0 Å². The van der Waals surface area contributed by atoms with E-state index in [-0.39, 0.29) is 0 Å². The van der Waals surface area contributed by atoms with Gasteiger partial charge in [-0.2, -0.15) is 5.10 Å². The average Bonchev–Trinajstić information content (AvgIpc) is 2.52. The first-order valence-corrected chi connectivity index (χ1v) is 4.45. The number of hydrogen-bond donors (Lipinski definition) is 1. The lowest BCUT2D eigenvalue weighted by Gasteiger charge is -2.07. The predicted octanol–water partition coefficient (Wildman–Crippen LogP) is 1.57. The van der Waals surface area contributed by atoms with Crippen LogP contribution in [0.4, 0.5) is 0 Å². The largest absolute Gasteiger partial charge is 0.316 e. The molecular formula is C9H17N3. The van der Waals surface area contributed by atoms with Crippen LogP contribution in [0, 0.1) is 0 Å². The molecule has 0 aliphatic rings. The zero-order chi connectivity index (χ0) is 8.97. The molecule has 68 valence electrons. The Morgan fingerprint density at radius 1 is 1.67 bits per heavy atom. The van der Waals surface area contributed by atoms with Crippen LogP contribution in [0.15, 0.2) is 12.4 Å². The quantitative estimate of drug-likeness (QED) is 0.737. The van der Waals surface area contributed by atoms with Gasteiger partial charge in [-0.3, -0.25) is 4.68 Å². The van der Waals surface area contributed by atoms with E-state index in [2.05, 4.69) is 30.5 Å². The van der Waals surface area contributed by atoms with Crippen molar-refractivity contribution in [2.45, 2.75) is 32.9 Å². The van der Waals surface area contributed by atoms with E-state index in [0.717, 1.165) is 13.0 Å². The molecule has 0 radical (unpaired) electrons.